The molecular formula is C41H48FN5O9. The Kier molecular flexibility index (Phi) is 13.8. The topological polar surface area (TPSA) is 187 Å². The highest BCUT2D eigenvalue weighted by Gasteiger charge is 2.33. The molecule has 0 spiro atoms. The standard InChI is InChI=1S/C41H48FN5O9/c1-24(2)36(45-40(53)55-22-26-8-6-5-7-9-26)35(48)18-25(3)38(50)44-28-12-10-27(11-13-28)23-56-41(54)47-16-14-46(15-17-47)34-21-29-30(19-32(34)42)37(49)31(39(51)52)20-33(29)43-4/h5-13,19-21,24-25,33,35-36,43,48H,14-18,22-23H2,1-4H3,(H,44,50)(H,45,53)(H,51,52)/t25-,33?,35?,36?/m1/s1. The monoisotopic (exact) mass is 773 g/mol. The van der Waals surface area contributed by atoms with Crippen LogP contribution < -0.4 is 20.9 Å². The van der Waals surface area contributed by atoms with E-state index in [-0.39, 0.29) is 55.8 Å². The number of rotatable bonds is 14. The number of amides is 3. The Balaban J connectivity index is 1.06. The Morgan fingerprint density at radius 3 is 2.18 bits per heavy atom. The van der Waals surface area contributed by atoms with Gasteiger partial charge in [0.2, 0.25) is 11.7 Å². The number of piperazine rings is 1. The molecule has 5 N–H and O–H groups in total. The molecule has 3 unspecified atom stereocenters. The van der Waals surface area contributed by atoms with Crippen molar-refractivity contribution in [3.63, 3.8) is 0 Å². The van der Waals surface area contributed by atoms with Gasteiger partial charge in [-0.15, -0.1) is 0 Å². The molecule has 1 aliphatic heterocycles. The van der Waals surface area contributed by atoms with Crippen LogP contribution in [0.2, 0.25) is 0 Å². The number of halogens is 1. The van der Waals surface area contributed by atoms with Gasteiger partial charge in [-0.1, -0.05) is 63.2 Å². The van der Waals surface area contributed by atoms with Crippen molar-refractivity contribution in [1.29, 1.82) is 0 Å². The minimum atomic E-state index is -1.37. The highest BCUT2D eigenvalue weighted by Crippen LogP contribution is 2.34. The summed E-state index contributed by atoms with van der Waals surface area (Å²) in [5.41, 5.74) is 2.35. The van der Waals surface area contributed by atoms with Crippen LogP contribution in [0.15, 0.2) is 78.4 Å². The van der Waals surface area contributed by atoms with Crippen LogP contribution in [-0.2, 0) is 32.3 Å². The first-order chi connectivity index (χ1) is 26.7. The summed E-state index contributed by atoms with van der Waals surface area (Å²) in [5.74, 6) is -3.81. The average molecular weight is 774 g/mol. The van der Waals surface area contributed by atoms with Gasteiger partial charge >= 0.3 is 18.2 Å². The maximum absolute atomic E-state index is 15.3. The Morgan fingerprint density at radius 1 is 0.911 bits per heavy atom. The third-order valence-corrected chi connectivity index (χ3v) is 9.95. The van der Waals surface area contributed by atoms with E-state index in [9.17, 15) is 34.2 Å². The highest BCUT2D eigenvalue weighted by molar-refractivity contribution is 6.25. The van der Waals surface area contributed by atoms with Crippen LogP contribution in [0.5, 0.6) is 0 Å². The lowest BCUT2D eigenvalue weighted by Crippen LogP contribution is -2.49. The maximum Gasteiger partial charge on any atom is 0.410 e. The van der Waals surface area contributed by atoms with Crippen LogP contribution >= 0.6 is 0 Å². The average Bonchev–Trinajstić information content (AvgIpc) is 3.19. The van der Waals surface area contributed by atoms with E-state index >= 15 is 4.39 Å². The molecule has 1 aliphatic carbocycles. The van der Waals surface area contributed by atoms with Crippen LogP contribution in [0, 0.1) is 17.7 Å². The van der Waals surface area contributed by atoms with E-state index in [1.807, 2.05) is 44.2 Å². The second-order valence-electron chi connectivity index (χ2n) is 14.3. The summed E-state index contributed by atoms with van der Waals surface area (Å²) in [4.78, 5) is 65.9. The van der Waals surface area contributed by atoms with Crippen molar-refractivity contribution in [3.8, 4) is 0 Å². The van der Waals surface area contributed by atoms with E-state index in [2.05, 4.69) is 16.0 Å². The van der Waals surface area contributed by atoms with Crippen LogP contribution in [0.4, 0.5) is 25.4 Å². The number of carbonyl (C=O) groups is 5. The van der Waals surface area contributed by atoms with E-state index in [0.717, 1.165) is 11.6 Å². The van der Waals surface area contributed by atoms with Gasteiger partial charge in [-0.05, 0) is 66.4 Å². The van der Waals surface area contributed by atoms with Gasteiger partial charge in [0.1, 0.15) is 24.6 Å². The zero-order chi connectivity index (χ0) is 40.5. The number of carboxylic acid groups (broad SMARTS) is 1. The molecule has 56 heavy (non-hydrogen) atoms. The Labute approximate surface area is 324 Å². The Morgan fingerprint density at radius 2 is 1.55 bits per heavy atom. The van der Waals surface area contributed by atoms with Gasteiger partial charge < -0.3 is 45.4 Å². The van der Waals surface area contributed by atoms with Crippen molar-refractivity contribution in [2.24, 2.45) is 11.8 Å². The number of nitrogens with one attached hydrogen (secondary N) is 3. The number of aliphatic carboxylic acids is 1. The van der Waals surface area contributed by atoms with Crippen molar-refractivity contribution >= 4 is 41.2 Å². The molecule has 0 radical (unpaired) electrons. The number of aliphatic hydroxyl groups excluding tert-OH is 1. The number of hydrogen-bond donors (Lipinski definition) is 5. The van der Waals surface area contributed by atoms with Gasteiger partial charge in [-0.25, -0.2) is 18.8 Å². The van der Waals surface area contributed by atoms with Gasteiger partial charge in [-0.2, -0.15) is 0 Å². The minimum Gasteiger partial charge on any atom is -0.478 e. The molecule has 1 saturated heterocycles. The molecule has 3 amide bonds. The fourth-order valence-corrected chi connectivity index (χ4v) is 6.70. The second-order valence-corrected chi connectivity index (χ2v) is 14.3. The number of benzene rings is 3. The largest absolute Gasteiger partial charge is 0.478 e. The van der Waals surface area contributed by atoms with Crippen molar-refractivity contribution in [3.05, 3.63) is 106 Å². The number of ketones is 1. The van der Waals surface area contributed by atoms with Gasteiger partial charge in [0.15, 0.2) is 0 Å². The molecule has 2 aliphatic rings. The number of carbonyl (C=O) groups excluding carboxylic acids is 4. The van der Waals surface area contributed by atoms with Crippen LogP contribution in [0.1, 0.15) is 60.3 Å². The summed E-state index contributed by atoms with van der Waals surface area (Å²) < 4.78 is 26.1. The summed E-state index contributed by atoms with van der Waals surface area (Å²) in [6, 6.07) is 17.5. The predicted octanol–water partition coefficient (Wildman–Crippen LogP) is 5.03. The third-order valence-electron chi connectivity index (χ3n) is 9.95. The number of alkyl carbamates (subject to hydrolysis) is 1. The number of Topliss-reactive ketones (excluding diaryl/α,β-unsaturated/α-hetero) is 1. The van der Waals surface area contributed by atoms with E-state index in [1.165, 1.54) is 11.0 Å². The molecule has 0 aromatic heterocycles. The van der Waals surface area contributed by atoms with Gasteiger partial charge in [-0.3, -0.25) is 9.59 Å². The molecule has 298 valence electrons. The van der Waals surface area contributed by atoms with Crippen molar-refractivity contribution in [2.75, 3.05) is 43.4 Å². The number of nitrogens with zero attached hydrogens (tertiary/aromatic N) is 2. The van der Waals surface area contributed by atoms with Crippen molar-refractivity contribution in [2.45, 2.75) is 58.6 Å². The molecule has 1 heterocycles. The Hall–Kier alpha value is -5.80. The second kappa shape index (κ2) is 18.7. The first-order valence-corrected chi connectivity index (χ1v) is 18.5. The molecule has 3 aromatic carbocycles. The van der Waals surface area contributed by atoms with Gasteiger partial charge in [0.25, 0.3) is 0 Å². The summed E-state index contributed by atoms with van der Waals surface area (Å²) in [5, 5.41) is 28.9. The summed E-state index contributed by atoms with van der Waals surface area (Å²) in [7, 11) is 1.62. The SMILES string of the molecule is CNC1C=C(C(=O)O)C(=O)c2cc(F)c(N3CCN(C(=O)OCc4ccc(NC(=O)[C@H](C)CC(O)C(NC(=O)OCc5ccccc5)C(C)C)cc4)CC3)cc21. The van der Waals surface area contributed by atoms with E-state index in [4.69, 9.17) is 9.47 Å². The fraction of sp³-hybridized carbons (Fsp3) is 0.390. The summed E-state index contributed by atoms with van der Waals surface area (Å²) in [6.45, 7) is 6.62. The number of hydrogen-bond acceptors (Lipinski definition) is 10. The summed E-state index contributed by atoms with van der Waals surface area (Å²) >= 11 is 0. The van der Waals surface area contributed by atoms with E-state index < -0.39 is 59.4 Å². The first kappa shape index (κ1) is 41.4. The molecule has 0 bridgehead atoms. The third kappa shape index (κ3) is 10.3. The molecule has 5 rings (SSSR count). The predicted molar refractivity (Wildman–Crippen MR) is 205 cm³/mol. The zero-order valence-corrected chi connectivity index (χ0v) is 31.8. The minimum absolute atomic E-state index is 0.00214. The van der Waals surface area contributed by atoms with Crippen LogP contribution in [-0.4, -0.2) is 90.3 Å². The Bertz CT molecular complexity index is 1930. The lowest BCUT2D eigenvalue weighted by molar-refractivity contribution is -0.132. The zero-order valence-electron chi connectivity index (χ0n) is 31.8. The first-order valence-electron chi connectivity index (χ1n) is 18.5. The van der Waals surface area contributed by atoms with Crippen LogP contribution in [0.25, 0.3) is 0 Å². The van der Waals surface area contributed by atoms with E-state index in [1.54, 1.807) is 49.2 Å². The number of aliphatic hydroxyl groups is 1. The molecule has 1 fully saturated rings. The number of fused-ring (bicyclic) bond motifs is 1. The lowest BCUT2D eigenvalue weighted by atomic mass is 9.86. The summed E-state index contributed by atoms with van der Waals surface area (Å²) in [6.07, 6.45) is -0.776. The van der Waals surface area contributed by atoms with Crippen LogP contribution in [0.3, 0.4) is 0 Å². The van der Waals surface area contributed by atoms with Gasteiger partial charge in [0.05, 0.1) is 23.9 Å². The molecule has 0 saturated carbocycles. The highest BCUT2D eigenvalue weighted by atomic mass is 19.1. The molecule has 4 atom stereocenters. The normalized spacial score (nSPS) is 16.9. The fourth-order valence-electron chi connectivity index (χ4n) is 6.70. The molecule has 15 heteroatoms. The van der Waals surface area contributed by atoms with Crippen molar-refractivity contribution in [1.82, 2.24) is 15.5 Å². The smallest absolute Gasteiger partial charge is 0.410 e. The van der Waals surface area contributed by atoms with E-state index in [0.29, 0.717) is 29.9 Å². The number of anilines is 2. The van der Waals surface area contributed by atoms with Crippen molar-refractivity contribution < 1.29 is 48.0 Å². The molecule has 3 aromatic rings. The number of ether oxygens (including phenoxy) is 2. The number of likely N-dealkylation sites (N-methyl/N-ethyl adjacent to an activating group) is 1. The molecule has 14 nitrogen and oxygen atoms in total. The molecular weight excluding hydrogens is 725 g/mol. The maximum atomic E-state index is 15.3. The van der Waals surface area contributed by atoms with Gasteiger partial charge in [0, 0.05) is 43.3 Å². The number of carboxylic acids is 1. The lowest BCUT2D eigenvalue weighted by Gasteiger charge is -2.36. The quantitative estimate of drug-likeness (QED) is 0.138.